The molecule has 3 saturated heterocycles. The fourth-order valence-electron chi connectivity index (χ4n) is 6.38. The van der Waals surface area contributed by atoms with Crippen LogP contribution in [0.4, 0.5) is 8.78 Å². The van der Waals surface area contributed by atoms with Gasteiger partial charge in [0.2, 0.25) is 0 Å². The lowest BCUT2D eigenvalue weighted by atomic mass is 9.99. The van der Waals surface area contributed by atoms with E-state index in [1.54, 1.807) is 35.0 Å². The average molecular weight is 570 g/mol. The highest BCUT2D eigenvalue weighted by Gasteiger charge is 2.37. The summed E-state index contributed by atoms with van der Waals surface area (Å²) in [6.45, 7) is 3.77. The number of halogens is 3. The summed E-state index contributed by atoms with van der Waals surface area (Å²) < 4.78 is 29.3. The summed E-state index contributed by atoms with van der Waals surface area (Å²) in [6, 6.07) is 11.2. The molecule has 0 spiro atoms. The van der Waals surface area contributed by atoms with E-state index in [0.717, 1.165) is 49.9 Å². The zero-order chi connectivity index (χ0) is 27.9. The highest BCUT2D eigenvalue weighted by Crippen LogP contribution is 2.31. The number of piperidine rings is 3. The standard InChI is InChI=1S/C30H34ClF2N5O2/c31-27-7-5-24(20-34-27)38-25-6-4-21(28(39)36-14-8-23(9-15-36)35-12-2-1-3-13-35)18-22(25)19-26(38)29(40)37-16-10-30(32,33)11-17-37/h4-7,18-20,23H,1-3,8-17H2. The van der Waals surface area contributed by atoms with Gasteiger partial charge in [-0.15, -0.1) is 0 Å². The predicted molar refractivity (Wildman–Crippen MR) is 151 cm³/mol. The molecule has 2 amide bonds. The van der Waals surface area contributed by atoms with E-state index in [1.807, 2.05) is 17.0 Å². The Balaban J connectivity index is 1.27. The van der Waals surface area contributed by atoms with Crippen LogP contribution in [0.2, 0.25) is 5.15 Å². The SMILES string of the molecule is O=C(c1ccc2c(c1)cc(C(=O)N1CCC(F)(F)CC1)n2-c1ccc(Cl)nc1)N1CCC(N2CCCCC2)CC1. The number of rotatable bonds is 4. The zero-order valence-corrected chi connectivity index (χ0v) is 23.3. The first kappa shape index (κ1) is 27.1. The first-order chi connectivity index (χ1) is 19.3. The molecule has 7 nitrogen and oxygen atoms in total. The molecule has 0 aliphatic carbocycles. The van der Waals surface area contributed by atoms with Crippen LogP contribution in [0.25, 0.3) is 16.6 Å². The van der Waals surface area contributed by atoms with Gasteiger partial charge in [-0.2, -0.15) is 0 Å². The molecule has 3 fully saturated rings. The fourth-order valence-corrected chi connectivity index (χ4v) is 6.50. The van der Waals surface area contributed by atoms with Crippen LogP contribution < -0.4 is 0 Å². The minimum absolute atomic E-state index is 0.00829. The topological polar surface area (TPSA) is 61.7 Å². The summed E-state index contributed by atoms with van der Waals surface area (Å²) in [4.78, 5) is 37.3. The van der Waals surface area contributed by atoms with Crippen LogP contribution >= 0.6 is 11.6 Å². The monoisotopic (exact) mass is 569 g/mol. The maximum Gasteiger partial charge on any atom is 0.270 e. The van der Waals surface area contributed by atoms with Crippen LogP contribution in [-0.2, 0) is 0 Å². The van der Waals surface area contributed by atoms with Crippen molar-refractivity contribution in [2.75, 3.05) is 39.3 Å². The molecule has 212 valence electrons. The van der Waals surface area contributed by atoms with E-state index < -0.39 is 5.92 Å². The fraction of sp³-hybridized carbons (Fsp3) is 0.500. The van der Waals surface area contributed by atoms with Crippen molar-refractivity contribution in [2.24, 2.45) is 0 Å². The molecule has 5 heterocycles. The molecule has 10 heteroatoms. The Labute approximate surface area is 237 Å². The Morgan fingerprint density at radius 1 is 0.850 bits per heavy atom. The largest absolute Gasteiger partial charge is 0.339 e. The molecule has 3 aliphatic heterocycles. The molecule has 0 bridgehead atoms. The number of pyridine rings is 1. The molecule has 40 heavy (non-hydrogen) atoms. The van der Waals surface area contributed by atoms with E-state index in [4.69, 9.17) is 11.6 Å². The van der Waals surface area contributed by atoms with Crippen LogP contribution in [0.3, 0.4) is 0 Å². The Morgan fingerprint density at radius 2 is 1.55 bits per heavy atom. The van der Waals surface area contributed by atoms with E-state index in [0.29, 0.717) is 28.1 Å². The number of alkyl halides is 2. The van der Waals surface area contributed by atoms with E-state index in [2.05, 4.69) is 9.88 Å². The van der Waals surface area contributed by atoms with Gasteiger partial charge in [-0.1, -0.05) is 18.0 Å². The molecule has 1 aromatic carbocycles. The van der Waals surface area contributed by atoms with Crippen LogP contribution in [0, 0.1) is 0 Å². The number of carbonyl (C=O) groups is 2. The Bertz CT molecular complexity index is 1390. The van der Waals surface area contributed by atoms with Gasteiger partial charge in [0.25, 0.3) is 17.7 Å². The predicted octanol–water partition coefficient (Wildman–Crippen LogP) is 5.64. The first-order valence-electron chi connectivity index (χ1n) is 14.3. The maximum atomic E-state index is 13.8. The maximum absolute atomic E-state index is 13.8. The summed E-state index contributed by atoms with van der Waals surface area (Å²) in [5.41, 5.74) is 2.28. The number of carbonyl (C=O) groups excluding carboxylic acids is 2. The van der Waals surface area contributed by atoms with Gasteiger partial charge >= 0.3 is 0 Å². The molecule has 3 aliphatic rings. The van der Waals surface area contributed by atoms with E-state index >= 15 is 0 Å². The lowest BCUT2D eigenvalue weighted by Crippen LogP contribution is -2.48. The van der Waals surface area contributed by atoms with Crippen molar-refractivity contribution in [2.45, 2.75) is 56.9 Å². The van der Waals surface area contributed by atoms with Gasteiger partial charge in [0.05, 0.1) is 17.4 Å². The summed E-state index contributed by atoms with van der Waals surface area (Å²) in [5, 5.41) is 1.05. The van der Waals surface area contributed by atoms with Crippen molar-refractivity contribution in [3.05, 3.63) is 59.0 Å². The van der Waals surface area contributed by atoms with Crippen LogP contribution in [-0.4, -0.2) is 87.3 Å². The summed E-state index contributed by atoms with van der Waals surface area (Å²) >= 11 is 6.01. The molecule has 0 radical (unpaired) electrons. The lowest BCUT2D eigenvalue weighted by Gasteiger charge is -2.40. The van der Waals surface area contributed by atoms with Gasteiger partial charge < -0.3 is 19.3 Å². The normalized spacial score (nSPS) is 20.7. The molecular formula is C30H34ClF2N5O2. The molecule has 0 saturated carbocycles. The second kappa shape index (κ2) is 11.1. The summed E-state index contributed by atoms with van der Waals surface area (Å²) in [7, 11) is 0. The summed E-state index contributed by atoms with van der Waals surface area (Å²) in [5.74, 6) is -3.08. The second-order valence-corrected chi connectivity index (χ2v) is 11.6. The van der Waals surface area contributed by atoms with E-state index in [-0.39, 0.29) is 37.7 Å². The number of benzene rings is 1. The number of hydrogen-bond acceptors (Lipinski definition) is 4. The van der Waals surface area contributed by atoms with Gasteiger partial charge in [-0.3, -0.25) is 9.59 Å². The van der Waals surface area contributed by atoms with Crippen molar-refractivity contribution < 1.29 is 18.4 Å². The van der Waals surface area contributed by atoms with Crippen LogP contribution in [0.1, 0.15) is 65.8 Å². The third kappa shape index (κ3) is 5.46. The van der Waals surface area contributed by atoms with Crippen molar-refractivity contribution in [3.8, 4) is 5.69 Å². The highest BCUT2D eigenvalue weighted by molar-refractivity contribution is 6.29. The average Bonchev–Trinajstić information content (AvgIpc) is 3.36. The number of likely N-dealkylation sites (tertiary alicyclic amines) is 3. The van der Waals surface area contributed by atoms with Crippen molar-refractivity contribution >= 4 is 34.3 Å². The number of nitrogens with zero attached hydrogens (tertiary/aromatic N) is 5. The lowest BCUT2D eigenvalue weighted by molar-refractivity contribution is -0.0495. The molecule has 0 N–H and O–H groups in total. The van der Waals surface area contributed by atoms with Crippen LogP contribution in [0.15, 0.2) is 42.6 Å². The smallest absolute Gasteiger partial charge is 0.270 e. The Morgan fingerprint density at radius 3 is 2.23 bits per heavy atom. The molecular weight excluding hydrogens is 536 g/mol. The van der Waals surface area contributed by atoms with Crippen molar-refractivity contribution in [1.29, 1.82) is 0 Å². The quantitative estimate of drug-likeness (QED) is 0.382. The third-order valence-corrected chi connectivity index (χ3v) is 8.90. The van der Waals surface area contributed by atoms with E-state index in [9.17, 15) is 18.4 Å². The summed E-state index contributed by atoms with van der Waals surface area (Å²) in [6.07, 6.45) is 6.69. The first-order valence-corrected chi connectivity index (χ1v) is 14.6. The van der Waals surface area contributed by atoms with Gasteiger partial charge in [0, 0.05) is 56.0 Å². The number of fused-ring (bicyclic) bond motifs is 1. The number of aromatic nitrogens is 2. The molecule has 3 aromatic rings. The van der Waals surface area contributed by atoms with Gasteiger partial charge in [-0.25, -0.2) is 13.8 Å². The minimum Gasteiger partial charge on any atom is -0.339 e. The van der Waals surface area contributed by atoms with Gasteiger partial charge in [-0.05, 0) is 75.2 Å². The second-order valence-electron chi connectivity index (χ2n) is 11.2. The molecule has 2 aromatic heterocycles. The van der Waals surface area contributed by atoms with Crippen LogP contribution in [0.5, 0.6) is 0 Å². The van der Waals surface area contributed by atoms with Gasteiger partial charge in [0.1, 0.15) is 10.8 Å². The highest BCUT2D eigenvalue weighted by atomic mass is 35.5. The van der Waals surface area contributed by atoms with Gasteiger partial charge in [0.15, 0.2) is 0 Å². The number of hydrogen-bond donors (Lipinski definition) is 0. The molecule has 0 unspecified atom stereocenters. The molecule has 0 atom stereocenters. The number of amides is 2. The third-order valence-electron chi connectivity index (χ3n) is 8.68. The minimum atomic E-state index is -2.75. The Kier molecular flexibility index (Phi) is 7.52. The van der Waals surface area contributed by atoms with E-state index in [1.165, 1.54) is 24.2 Å². The van der Waals surface area contributed by atoms with Crippen molar-refractivity contribution in [1.82, 2.24) is 24.3 Å². The van der Waals surface area contributed by atoms with Crippen molar-refractivity contribution in [3.63, 3.8) is 0 Å². The molecule has 6 rings (SSSR count). The zero-order valence-electron chi connectivity index (χ0n) is 22.5. The Hall–Kier alpha value is -3.04.